The molecule has 2 fully saturated rings. The van der Waals surface area contributed by atoms with Crippen LogP contribution in [0, 0.1) is 19.8 Å². The number of carbonyl (C=O) groups is 2. The van der Waals surface area contributed by atoms with Crippen LogP contribution in [0.5, 0.6) is 0 Å². The van der Waals surface area contributed by atoms with Crippen LogP contribution in [0.2, 0.25) is 0 Å². The van der Waals surface area contributed by atoms with E-state index in [2.05, 4.69) is 4.98 Å². The number of hydrogen-bond acceptors (Lipinski definition) is 4. The second-order valence-corrected chi connectivity index (χ2v) is 7.14. The quantitative estimate of drug-likeness (QED) is 0.838. The highest BCUT2D eigenvalue weighted by atomic mass is 32.1. The molecule has 114 valence electrons. The Morgan fingerprint density at radius 1 is 1.10 bits per heavy atom. The lowest BCUT2D eigenvalue weighted by atomic mass is 9.96. The van der Waals surface area contributed by atoms with Crippen LogP contribution >= 0.6 is 11.3 Å². The summed E-state index contributed by atoms with van der Waals surface area (Å²) in [6.07, 6.45) is 3.45. The third-order valence-electron chi connectivity index (χ3n) is 4.28. The SMILES string of the molecule is Cc1nc(C)c(C(=O)N2CC(C(=O)N3CCCCC3)C2)s1. The number of aromatic nitrogens is 1. The Bertz CT molecular complexity index is 557. The van der Waals surface area contributed by atoms with Crippen molar-refractivity contribution in [3.05, 3.63) is 15.6 Å². The number of hydrogen-bond donors (Lipinski definition) is 0. The summed E-state index contributed by atoms with van der Waals surface area (Å²) < 4.78 is 0. The lowest BCUT2D eigenvalue weighted by Gasteiger charge is -2.41. The van der Waals surface area contributed by atoms with Gasteiger partial charge in [0.25, 0.3) is 5.91 Å². The molecule has 0 bridgehead atoms. The molecular formula is C15H21N3O2S. The molecule has 3 heterocycles. The average molecular weight is 307 g/mol. The van der Waals surface area contributed by atoms with E-state index in [4.69, 9.17) is 0 Å². The van der Waals surface area contributed by atoms with Gasteiger partial charge in [0.2, 0.25) is 5.91 Å². The van der Waals surface area contributed by atoms with Gasteiger partial charge in [-0.2, -0.15) is 0 Å². The molecule has 3 rings (SSSR count). The molecule has 1 aromatic heterocycles. The Morgan fingerprint density at radius 3 is 2.33 bits per heavy atom. The number of thiazole rings is 1. The summed E-state index contributed by atoms with van der Waals surface area (Å²) >= 11 is 1.44. The number of carbonyl (C=O) groups excluding carboxylic acids is 2. The fraction of sp³-hybridized carbons (Fsp3) is 0.667. The zero-order valence-electron chi connectivity index (χ0n) is 12.6. The van der Waals surface area contributed by atoms with E-state index < -0.39 is 0 Å². The van der Waals surface area contributed by atoms with Gasteiger partial charge in [-0.05, 0) is 33.1 Å². The molecule has 0 N–H and O–H groups in total. The number of piperidine rings is 1. The minimum atomic E-state index is 0.00127. The van der Waals surface area contributed by atoms with E-state index in [9.17, 15) is 9.59 Å². The minimum absolute atomic E-state index is 0.00127. The van der Waals surface area contributed by atoms with Crippen LogP contribution in [-0.4, -0.2) is 52.8 Å². The highest BCUT2D eigenvalue weighted by Gasteiger charge is 2.39. The summed E-state index contributed by atoms with van der Waals surface area (Å²) in [5.74, 6) is 0.262. The zero-order chi connectivity index (χ0) is 15.0. The van der Waals surface area contributed by atoms with E-state index >= 15 is 0 Å². The summed E-state index contributed by atoms with van der Waals surface area (Å²) in [6, 6.07) is 0. The van der Waals surface area contributed by atoms with Crippen molar-refractivity contribution in [2.75, 3.05) is 26.2 Å². The molecule has 0 atom stereocenters. The molecule has 21 heavy (non-hydrogen) atoms. The predicted molar refractivity (Wildman–Crippen MR) is 81.4 cm³/mol. The van der Waals surface area contributed by atoms with Crippen LogP contribution in [0.4, 0.5) is 0 Å². The van der Waals surface area contributed by atoms with Crippen LogP contribution in [-0.2, 0) is 4.79 Å². The Labute approximate surface area is 129 Å². The molecule has 2 saturated heterocycles. The zero-order valence-corrected chi connectivity index (χ0v) is 13.4. The van der Waals surface area contributed by atoms with Gasteiger partial charge >= 0.3 is 0 Å². The van der Waals surface area contributed by atoms with Crippen LogP contribution < -0.4 is 0 Å². The van der Waals surface area contributed by atoms with E-state index in [1.807, 2.05) is 18.7 Å². The van der Waals surface area contributed by atoms with Crippen LogP contribution in [0.1, 0.15) is 39.6 Å². The molecule has 5 nitrogen and oxygen atoms in total. The van der Waals surface area contributed by atoms with Gasteiger partial charge in [0.15, 0.2) is 0 Å². The molecule has 0 aromatic carbocycles. The largest absolute Gasteiger partial charge is 0.342 e. The normalized spacial score (nSPS) is 19.5. The van der Waals surface area contributed by atoms with Crippen LogP contribution in [0.3, 0.4) is 0 Å². The molecule has 2 aliphatic heterocycles. The monoisotopic (exact) mass is 307 g/mol. The van der Waals surface area contributed by atoms with Gasteiger partial charge < -0.3 is 9.80 Å². The predicted octanol–water partition coefficient (Wildman–Crippen LogP) is 1.84. The first-order chi connectivity index (χ1) is 10.1. The van der Waals surface area contributed by atoms with Crippen molar-refractivity contribution in [1.82, 2.24) is 14.8 Å². The maximum atomic E-state index is 12.4. The number of amides is 2. The number of aryl methyl sites for hydroxylation is 2. The van der Waals surface area contributed by atoms with Crippen molar-refractivity contribution < 1.29 is 9.59 Å². The first-order valence-electron chi connectivity index (χ1n) is 7.58. The highest BCUT2D eigenvalue weighted by Crippen LogP contribution is 2.26. The second kappa shape index (κ2) is 5.75. The highest BCUT2D eigenvalue weighted by molar-refractivity contribution is 7.13. The summed E-state index contributed by atoms with van der Waals surface area (Å²) in [5.41, 5.74) is 0.799. The molecule has 0 saturated carbocycles. The van der Waals surface area contributed by atoms with Gasteiger partial charge in [-0.25, -0.2) is 4.98 Å². The summed E-state index contributed by atoms with van der Waals surface area (Å²) in [6.45, 7) is 6.67. The molecule has 2 amide bonds. The summed E-state index contributed by atoms with van der Waals surface area (Å²) in [7, 11) is 0. The second-order valence-electron chi connectivity index (χ2n) is 5.94. The maximum absolute atomic E-state index is 12.4. The Balaban J connectivity index is 1.56. The van der Waals surface area contributed by atoms with Gasteiger partial charge in [-0.1, -0.05) is 0 Å². The van der Waals surface area contributed by atoms with Crippen molar-refractivity contribution >= 4 is 23.2 Å². The van der Waals surface area contributed by atoms with E-state index in [0.717, 1.165) is 41.5 Å². The van der Waals surface area contributed by atoms with Crippen molar-refractivity contribution in [3.63, 3.8) is 0 Å². The van der Waals surface area contributed by atoms with Crippen molar-refractivity contribution in [3.8, 4) is 0 Å². The van der Waals surface area contributed by atoms with E-state index in [1.165, 1.54) is 17.8 Å². The number of likely N-dealkylation sites (tertiary alicyclic amines) is 2. The van der Waals surface area contributed by atoms with Gasteiger partial charge in [0.05, 0.1) is 16.6 Å². The summed E-state index contributed by atoms with van der Waals surface area (Å²) in [4.78, 5) is 33.5. The lowest BCUT2D eigenvalue weighted by Crippen LogP contribution is -2.57. The fourth-order valence-corrected chi connectivity index (χ4v) is 3.93. The third kappa shape index (κ3) is 2.81. The average Bonchev–Trinajstić information content (AvgIpc) is 2.77. The topological polar surface area (TPSA) is 53.5 Å². The Kier molecular flexibility index (Phi) is 3.97. The third-order valence-corrected chi connectivity index (χ3v) is 5.34. The van der Waals surface area contributed by atoms with E-state index in [1.54, 1.807) is 4.90 Å². The molecule has 0 radical (unpaired) electrons. The molecular weight excluding hydrogens is 286 g/mol. The summed E-state index contributed by atoms with van der Waals surface area (Å²) in [5, 5.41) is 0.914. The first kappa shape index (κ1) is 14.5. The van der Waals surface area contributed by atoms with Crippen molar-refractivity contribution in [1.29, 1.82) is 0 Å². The Morgan fingerprint density at radius 2 is 1.76 bits per heavy atom. The van der Waals surface area contributed by atoms with Crippen molar-refractivity contribution in [2.45, 2.75) is 33.1 Å². The van der Waals surface area contributed by atoms with Gasteiger partial charge in [0, 0.05) is 26.2 Å². The van der Waals surface area contributed by atoms with E-state index in [-0.39, 0.29) is 17.7 Å². The molecule has 6 heteroatoms. The lowest BCUT2D eigenvalue weighted by molar-refractivity contribution is -0.140. The maximum Gasteiger partial charge on any atom is 0.265 e. The molecule has 0 unspecified atom stereocenters. The molecule has 0 aliphatic carbocycles. The number of rotatable bonds is 2. The molecule has 1 aromatic rings. The van der Waals surface area contributed by atoms with Gasteiger partial charge in [-0.3, -0.25) is 9.59 Å². The van der Waals surface area contributed by atoms with Gasteiger partial charge in [-0.15, -0.1) is 11.3 Å². The molecule has 2 aliphatic rings. The number of nitrogens with zero attached hydrogens (tertiary/aromatic N) is 3. The van der Waals surface area contributed by atoms with Crippen LogP contribution in [0.15, 0.2) is 0 Å². The minimum Gasteiger partial charge on any atom is -0.342 e. The van der Waals surface area contributed by atoms with E-state index in [0.29, 0.717) is 13.1 Å². The molecule has 0 spiro atoms. The Hall–Kier alpha value is -1.43. The first-order valence-corrected chi connectivity index (χ1v) is 8.40. The van der Waals surface area contributed by atoms with Crippen LogP contribution in [0.25, 0.3) is 0 Å². The van der Waals surface area contributed by atoms with Gasteiger partial charge in [0.1, 0.15) is 4.88 Å². The van der Waals surface area contributed by atoms with Crippen molar-refractivity contribution in [2.24, 2.45) is 5.92 Å². The smallest absolute Gasteiger partial charge is 0.265 e. The fourth-order valence-electron chi connectivity index (χ4n) is 3.05. The standard InChI is InChI=1S/C15H21N3O2S/c1-10-13(21-11(2)16-10)15(20)18-8-12(9-18)14(19)17-6-4-3-5-7-17/h12H,3-9H2,1-2H3.